The summed E-state index contributed by atoms with van der Waals surface area (Å²) in [7, 11) is 1.82. The first-order valence-corrected chi connectivity index (χ1v) is 4.82. The molecule has 2 rings (SSSR count). The fourth-order valence-corrected chi connectivity index (χ4v) is 1.14. The van der Waals surface area contributed by atoms with Crippen LogP contribution < -0.4 is 5.32 Å². The SMILES string of the molecule is CC(Cl)c1nnc(Nc2cnn(C)c2)o1. The molecule has 0 saturated carbocycles. The maximum absolute atomic E-state index is 5.78. The van der Waals surface area contributed by atoms with Gasteiger partial charge in [-0.25, -0.2) is 0 Å². The Morgan fingerprint density at radius 1 is 1.53 bits per heavy atom. The summed E-state index contributed by atoms with van der Waals surface area (Å²) in [6.07, 6.45) is 3.46. The van der Waals surface area contributed by atoms with Gasteiger partial charge in [0.05, 0.1) is 11.9 Å². The van der Waals surface area contributed by atoms with E-state index in [0.717, 1.165) is 5.69 Å². The van der Waals surface area contributed by atoms with Crippen LogP contribution in [0.1, 0.15) is 18.2 Å². The molecule has 0 spiro atoms. The zero-order valence-electron chi connectivity index (χ0n) is 8.31. The summed E-state index contributed by atoms with van der Waals surface area (Å²) in [6.45, 7) is 1.77. The molecule has 0 radical (unpaired) electrons. The highest BCUT2D eigenvalue weighted by Gasteiger charge is 2.11. The second kappa shape index (κ2) is 3.90. The molecule has 2 aromatic rings. The predicted octanol–water partition coefficient (Wildman–Crippen LogP) is 1.85. The Morgan fingerprint density at radius 2 is 2.33 bits per heavy atom. The Bertz CT molecular complexity index is 449. The van der Waals surface area contributed by atoms with Crippen molar-refractivity contribution in [1.29, 1.82) is 0 Å². The second-order valence-corrected chi connectivity index (χ2v) is 3.74. The third-order valence-electron chi connectivity index (χ3n) is 1.74. The van der Waals surface area contributed by atoms with E-state index in [1.807, 2.05) is 7.05 Å². The summed E-state index contributed by atoms with van der Waals surface area (Å²) in [5.41, 5.74) is 0.787. The number of aryl methyl sites for hydroxylation is 1. The van der Waals surface area contributed by atoms with Gasteiger partial charge >= 0.3 is 6.01 Å². The first-order chi connectivity index (χ1) is 7.15. The summed E-state index contributed by atoms with van der Waals surface area (Å²) in [4.78, 5) is 0. The van der Waals surface area contributed by atoms with Gasteiger partial charge in [-0.1, -0.05) is 5.10 Å². The molecule has 0 saturated heterocycles. The second-order valence-electron chi connectivity index (χ2n) is 3.09. The van der Waals surface area contributed by atoms with E-state index in [1.54, 1.807) is 24.0 Å². The molecule has 1 N–H and O–H groups in total. The van der Waals surface area contributed by atoms with Crippen molar-refractivity contribution in [1.82, 2.24) is 20.0 Å². The van der Waals surface area contributed by atoms with E-state index in [-0.39, 0.29) is 5.38 Å². The molecule has 0 bridgehead atoms. The molecule has 0 amide bonds. The van der Waals surface area contributed by atoms with Crippen LogP contribution >= 0.6 is 11.6 Å². The van der Waals surface area contributed by atoms with Gasteiger partial charge < -0.3 is 9.73 Å². The highest BCUT2D eigenvalue weighted by molar-refractivity contribution is 6.20. The largest absolute Gasteiger partial charge is 0.406 e. The first-order valence-electron chi connectivity index (χ1n) is 4.38. The van der Waals surface area contributed by atoms with Crippen LogP contribution in [0.5, 0.6) is 0 Å². The lowest BCUT2D eigenvalue weighted by Gasteiger charge is -1.95. The van der Waals surface area contributed by atoms with Crippen LogP contribution in [-0.4, -0.2) is 20.0 Å². The highest BCUT2D eigenvalue weighted by atomic mass is 35.5. The molecule has 0 fully saturated rings. The molecular formula is C8H10ClN5O. The van der Waals surface area contributed by atoms with Crippen LogP contribution in [0.25, 0.3) is 0 Å². The van der Waals surface area contributed by atoms with Crippen LogP contribution in [0, 0.1) is 0 Å². The maximum Gasteiger partial charge on any atom is 0.320 e. The quantitative estimate of drug-likeness (QED) is 0.811. The average molecular weight is 228 g/mol. The van der Waals surface area contributed by atoms with E-state index in [2.05, 4.69) is 20.6 Å². The molecule has 6 nitrogen and oxygen atoms in total. The summed E-state index contributed by atoms with van der Waals surface area (Å²) in [5, 5.41) is 14.2. The predicted molar refractivity (Wildman–Crippen MR) is 55.1 cm³/mol. The molecule has 0 aliphatic carbocycles. The number of hydrogen-bond acceptors (Lipinski definition) is 5. The van der Waals surface area contributed by atoms with E-state index in [1.165, 1.54) is 0 Å². The molecule has 1 unspecified atom stereocenters. The van der Waals surface area contributed by atoms with Crippen LogP contribution in [0.3, 0.4) is 0 Å². The smallest absolute Gasteiger partial charge is 0.320 e. The van der Waals surface area contributed by atoms with Gasteiger partial charge in [-0.2, -0.15) is 5.10 Å². The number of aromatic nitrogens is 4. The Labute approximate surface area is 91.2 Å². The van der Waals surface area contributed by atoms with Gasteiger partial charge in [0.15, 0.2) is 0 Å². The molecule has 0 aliphatic rings. The van der Waals surface area contributed by atoms with E-state index in [9.17, 15) is 0 Å². The standard InChI is InChI=1S/C8H10ClN5O/c1-5(9)7-12-13-8(15-7)11-6-3-10-14(2)4-6/h3-5H,1-2H3,(H,11,13). The monoisotopic (exact) mass is 227 g/mol. The zero-order chi connectivity index (χ0) is 10.8. The van der Waals surface area contributed by atoms with Gasteiger partial charge in [0.1, 0.15) is 5.38 Å². The number of rotatable bonds is 3. The lowest BCUT2D eigenvalue weighted by molar-refractivity contribution is 0.510. The van der Waals surface area contributed by atoms with Crippen LogP contribution in [0.15, 0.2) is 16.8 Å². The molecule has 0 aliphatic heterocycles. The fourth-order valence-electron chi connectivity index (χ4n) is 1.06. The molecule has 2 heterocycles. The van der Waals surface area contributed by atoms with Gasteiger partial charge in [-0.15, -0.1) is 16.7 Å². The number of anilines is 2. The van der Waals surface area contributed by atoms with Crippen molar-refractivity contribution in [2.75, 3.05) is 5.32 Å². The van der Waals surface area contributed by atoms with Crippen molar-refractivity contribution in [3.8, 4) is 0 Å². The molecule has 80 valence electrons. The minimum absolute atomic E-state index is 0.290. The van der Waals surface area contributed by atoms with Crippen molar-refractivity contribution >= 4 is 23.3 Å². The summed E-state index contributed by atoms with van der Waals surface area (Å²) in [6, 6.07) is 0.311. The van der Waals surface area contributed by atoms with Crippen LogP contribution in [0.2, 0.25) is 0 Å². The minimum Gasteiger partial charge on any atom is -0.406 e. The molecular weight excluding hydrogens is 218 g/mol. The number of nitrogens with one attached hydrogen (secondary N) is 1. The number of alkyl halides is 1. The van der Waals surface area contributed by atoms with Crippen LogP contribution in [-0.2, 0) is 7.05 Å². The molecule has 0 aromatic carbocycles. The summed E-state index contributed by atoms with van der Waals surface area (Å²) >= 11 is 5.78. The average Bonchev–Trinajstić information content (AvgIpc) is 2.76. The van der Waals surface area contributed by atoms with Gasteiger partial charge in [0, 0.05) is 13.2 Å². The van der Waals surface area contributed by atoms with E-state index in [4.69, 9.17) is 16.0 Å². The van der Waals surface area contributed by atoms with E-state index >= 15 is 0 Å². The summed E-state index contributed by atoms with van der Waals surface area (Å²) in [5.74, 6) is 0.392. The third-order valence-corrected chi connectivity index (χ3v) is 1.92. The maximum atomic E-state index is 5.78. The lowest BCUT2D eigenvalue weighted by atomic mass is 10.5. The first kappa shape index (κ1) is 9.97. The third kappa shape index (κ3) is 2.27. The van der Waals surface area contributed by atoms with Gasteiger partial charge in [0.25, 0.3) is 0 Å². The Balaban J connectivity index is 2.11. The van der Waals surface area contributed by atoms with Crippen molar-refractivity contribution in [2.24, 2.45) is 7.05 Å². The normalized spacial score (nSPS) is 12.7. The van der Waals surface area contributed by atoms with Crippen molar-refractivity contribution in [2.45, 2.75) is 12.3 Å². The number of halogens is 1. The lowest BCUT2D eigenvalue weighted by Crippen LogP contribution is -1.88. The van der Waals surface area contributed by atoms with Gasteiger partial charge in [-0.3, -0.25) is 4.68 Å². The van der Waals surface area contributed by atoms with E-state index < -0.39 is 0 Å². The minimum atomic E-state index is -0.290. The van der Waals surface area contributed by atoms with Crippen molar-refractivity contribution in [3.05, 3.63) is 18.3 Å². The van der Waals surface area contributed by atoms with Crippen molar-refractivity contribution < 1.29 is 4.42 Å². The molecule has 15 heavy (non-hydrogen) atoms. The van der Waals surface area contributed by atoms with E-state index in [0.29, 0.717) is 11.9 Å². The Hall–Kier alpha value is -1.56. The number of nitrogens with zero attached hydrogens (tertiary/aromatic N) is 4. The van der Waals surface area contributed by atoms with Gasteiger partial charge in [-0.05, 0) is 6.92 Å². The molecule has 7 heteroatoms. The molecule has 1 atom stereocenters. The Morgan fingerprint density at radius 3 is 2.87 bits per heavy atom. The van der Waals surface area contributed by atoms with Crippen molar-refractivity contribution in [3.63, 3.8) is 0 Å². The zero-order valence-corrected chi connectivity index (χ0v) is 9.06. The number of hydrogen-bond donors (Lipinski definition) is 1. The highest BCUT2D eigenvalue weighted by Crippen LogP contribution is 2.21. The fraction of sp³-hybridized carbons (Fsp3) is 0.375. The van der Waals surface area contributed by atoms with Gasteiger partial charge in [0.2, 0.25) is 5.89 Å². The topological polar surface area (TPSA) is 68.8 Å². The Kier molecular flexibility index (Phi) is 2.59. The van der Waals surface area contributed by atoms with Crippen LogP contribution in [0.4, 0.5) is 11.7 Å². The molecule has 2 aromatic heterocycles. The summed E-state index contributed by atoms with van der Waals surface area (Å²) < 4.78 is 6.93.